The number of benzene rings is 2. The third-order valence-corrected chi connectivity index (χ3v) is 6.61. The number of halogens is 2. The molecule has 0 aliphatic heterocycles. The molecule has 31 heavy (non-hydrogen) atoms. The van der Waals surface area contributed by atoms with Crippen molar-refractivity contribution >= 4 is 46.8 Å². The van der Waals surface area contributed by atoms with Crippen LogP contribution in [0.1, 0.15) is 43.4 Å². The molecule has 0 fully saturated rings. The van der Waals surface area contributed by atoms with Gasteiger partial charge in [-0.3, -0.25) is 9.59 Å². The Morgan fingerprint density at radius 3 is 2.32 bits per heavy atom. The van der Waals surface area contributed by atoms with E-state index in [2.05, 4.69) is 36.5 Å². The Kier molecular flexibility index (Phi) is 10.7. The van der Waals surface area contributed by atoms with E-state index in [1.807, 2.05) is 19.9 Å². The minimum atomic E-state index is -0.534. The third-order valence-electron chi connectivity index (χ3n) is 4.89. The fourth-order valence-corrected chi connectivity index (χ4v) is 4.33. The molecular weight excluding hydrogens is 451 g/mol. The van der Waals surface area contributed by atoms with Gasteiger partial charge in [-0.25, -0.2) is 0 Å². The first-order valence-corrected chi connectivity index (χ1v) is 12.4. The predicted octanol–water partition coefficient (Wildman–Crippen LogP) is 5.87. The van der Waals surface area contributed by atoms with Crippen molar-refractivity contribution in [3.05, 3.63) is 69.2 Å². The van der Waals surface area contributed by atoms with Crippen LogP contribution < -0.4 is 5.32 Å². The highest BCUT2D eigenvalue weighted by Gasteiger charge is 2.28. The molecule has 7 heteroatoms. The molecule has 0 aliphatic carbocycles. The lowest BCUT2D eigenvalue weighted by atomic mass is 10.1. The Morgan fingerprint density at radius 1 is 1.03 bits per heavy atom. The van der Waals surface area contributed by atoms with Crippen molar-refractivity contribution in [2.45, 2.75) is 52.0 Å². The highest BCUT2D eigenvalue weighted by Crippen LogP contribution is 2.24. The van der Waals surface area contributed by atoms with Gasteiger partial charge in [0.15, 0.2) is 0 Å². The zero-order valence-corrected chi connectivity index (χ0v) is 20.6. The summed E-state index contributed by atoms with van der Waals surface area (Å²) in [7, 11) is 0. The van der Waals surface area contributed by atoms with Crippen LogP contribution >= 0.6 is 35.0 Å². The molecule has 0 spiro atoms. The molecule has 0 aliphatic rings. The second-order valence-electron chi connectivity index (χ2n) is 7.46. The Hall–Kier alpha value is -1.69. The molecule has 0 bridgehead atoms. The SMILES string of the molecule is CCCNC(=O)[C@@H](CC)N(Cc1ccc(Cl)c(Cl)c1)C(=O)CSCc1ccc(C)cc1. The Balaban J connectivity index is 2.13. The minimum Gasteiger partial charge on any atom is -0.354 e. The van der Waals surface area contributed by atoms with E-state index in [1.165, 1.54) is 11.1 Å². The number of nitrogens with one attached hydrogen (secondary N) is 1. The lowest BCUT2D eigenvalue weighted by Gasteiger charge is -2.30. The number of rotatable bonds is 11. The van der Waals surface area contributed by atoms with E-state index in [4.69, 9.17) is 23.2 Å². The number of nitrogens with zero attached hydrogens (tertiary/aromatic N) is 1. The normalized spacial score (nSPS) is 11.8. The smallest absolute Gasteiger partial charge is 0.242 e. The van der Waals surface area contributed by atoms with Crippen molar-refractivity contribution in [3.63, 3.8) is 0 Å². The summed E-state index contributed by atoms with van der Waals surface area (Å²) in [5, 5.41) is 3.82. The monoisotopic (exact) mass is 480 g/mol. The molecule has 2 amide bonds. The van der Waals surface area contributed by atoms with Gasteiger partial charge in [-0.1, -0.05) is 72.9 Å². The van der Waals surface area contributed by atoms with E-state index in [0.717, 1.165) is 17.7 Å². The standard InChI is InChI=1S/C24H30Cl2N2O2S/c1-4-12-27-24(30)22(5-2)28(14-19-10-11-20(25)21(26)13-19)23(29)16-31-15-18-8-6-17(3)7-9-18/h6-11,13,22H,4-5,12,14-16H2,1-3H3,(H,27,30)/t22-/m1/s1. The van der Waals surface area contributed by atoms with Crippen LogP contribution in [-0.4, -0.2) is 35.1 Å². The summed E-state index contributed by atoms with van der Waals surface area (Å²) < 4.78 is 0. The zero-order valence-electron chi connectivity index (χ0n) is 18.3. The number of hydrogen-bond donors (Lipinski definition) is 1. The van der Waals surface area contributed by atoms with Gasteiger partial charge in [0.05, 0.1) is 15.8 Å². The molecule has 168 valence electrons. The summed E-state index contributed by atoms with van der Waals surface area (Å²) >= 11 is 13.8. The minimum absolute atomic E-state index is 0.0679. The maximum atomic E-state index is 13.2. The lowest BCUT2D eigenvalue weighted by molar-refractivity contribution is -0.139. The van der Waals surface area contributed by atoms with Gasteiger partial charge in [-0.15, -0.1) is 11.8 Å². The summed E-state index contributed by atoms with van der Waals surface area (Å²) in [5.74, 6) is 0.848. The average molecular weight is 481 g/mol. The number of aryl methyl sites for hydroxylation is 1. The summed E-state index contributed by atoms with van der Waals surface area (Å²) in [6.07, 6.45) is 1.38. The molecule has 4 nitrogen and oxygen atoms in total. The first-order valence-electron chi connectivity index (χ1n) is 10.5. The van der Waals surface area contributed by atoms with Crippen molar-refractivity contribution in [1.82, 2.24) is 10.2 Å². The second-order valence-corrected chi connectivity index (χ2v) is 9.26. The quantitative estimate of drug-likeness (QED) is 0.437. The average Bonchev–Trinajstić information content (AvgIpc) is 2.75. The molecule has 0 aromatic heterocycles. The molecule has 0 unspecified atom stereocenters. The van der Waals surface area contributed by atoms with Gasteiger partial charge in [-0.05, 0) is 43.0 Å². The van der Waals surface area contributed by atoms with Crippen LogP contribution in [0.5, 0.6) is 0 Å². The van der Waals surface area contributed by atoms with Crippen molar-refractivity contribution in [2.24, 2.45) is 0 Å². The van der Waals surface area contributed by atoms with Crippen LogP contribution in [0.3, 0.4) is 0 Å². The van der Waals surface area contributed by atoms with Crippen molar-refractivity contribution < 1.29 is 9.59 Å². The highest BCUT2D eigenvalue weighted by atomic mass is 35.5. The highest BCUT2D eigenvalue weighted by molar-refractivity contribution is 7.99. The Bertz CT molecular complexity index is 874. The van der Waals surface area contributed by atoms with Crippen LogP contribution in [0.15, 0.2) is 42.5 Å². The second kappa shape index (κ2) is 13.0. The van der Waals surface area contributed by atoms with Crippen LogP contribution in [0, 0.1) is 6.92 Å². The van der Waals surface area contributed by atoms with E-state index < -0.39 is 6.04 Å². The number of carbonyl (C=O) groups is 2. The van der Waals surface area contributed by atoms with Gasteiger partial charge in [-0.2, -0.15) is 0 Å². The molecule has 0 radical (unpaired) electrons. The third kappa shape index (κ3) is 8.06. The first-order chi connectivity index (χ1) is 14.8. The molecule has 0 saturated carbocycles. The summed E-state index contributed by atoms with van der Waals surface area (Å²) in [6.45, 7) is 6.87. The molecule has 0 heterocycles. The van der Waals surface area contributed by atoms with Gasteiger partial charge in [0.1, 0.15) is 6.04 Å². The van der Waals surface area contributed by atoms with Crippen LogP contribution in [-0.2, 0) is 21.9 Å². The van der Waals surface area contributed by atoms with E-state index in [-0.39, 0.29) is 11.8 Å². The summed E-state index contributed by atoms with van der Waals surface area (Å²) in [4.78, 5) is 27.6. The number of hydrogen-bond acceptors (Lipinski definition) is 3. The molecule has 2 rings (SSSR count). The Morgan fingerprint density at radius 2 is 1.71 bits per heavy atom. The number of thioether (sulfide) groups is 1. The maximum absolute atomic E-state index is 13.2. The molecule has 2 aromatic carbocycles. The predicted molar refractivity (Wildman–Crippen MR) is 132 cm³/mol. The van der Waals surface area contributed by atoms with Crippen molar-refractivity contribution in [1.29, 1.82) is 0 Å². The molecule has 1 N–H and O–H groups in total. The molecule has 2 aromatic rings. The topological polar surface area (TPSA) is 49.4 Å². The van der Waals surface area contributed by atoms with Gasteiger partial charge in [0.2, 0.25) is 11.8 Å². The number of amides is 2. The van der Waals surface area contributed by atoms with E-state index in [1.54, 1.807) is 28.8 Å². The fraction of sp³-hybridized carbons (Fsp3) is 0.417. The van der Waals surface area contributed by atoms with Crippen molar-refractivity contribution in [3.8, 4) is 0 Å². The van der Waals surface area contributed by atoms with E-state index >= 15 is 0 Å². The zero-order chi connectivity index (χ0) is 22.8. The first kappa shape index (κ1) is 25.6. The van der Waals surface area contributed by atoms with Gasteiger partial charge >= 0.3 is 0 Å². The fourth-order valence-electron chi connectivity index (χ4n) is 3.14. The molecule has 0 saturated heterocycles. The van der Waals surface area contributed by atoms with E-state index in [9.17, 15) is 9.59 Å². The van der Waals surface area contributed by atoms with Gasteiger partial charge in [0, 0.05) is 18.8 Å². The Labute approximate surface area is 199 Å². The molecular formula is C24H30Cl2N2O2S. The lowest BCUT2D eigenvalue weighted by Crippen LogP contribution is -2.49. The summed E-state index contributed by atoms with van der Waals surface area (Å²) in [6, 6.07) is 13.1. The summed E-state index contributed by atoms with van der Waals surface area (Å²) in [5.41, 5.74) is 3.22. The van der Waals surface area contributed by atoms with Crippen molar-refractivity contribution in [2.75, 3.05) is 12.3 Å². The van der Waals surface area contributed by atoms with Crippen LogP contribution in [0.25, 0.3) is 0 Å². The van der Waals surface area contributed by atoms with E-state index in [0.29, 0.717) is 35.3 Å². The van der Waals surface area contributed by atoms with Gasteiger partial charge in [0.25, 0.3) is 0 Å². The van der Waals surface area contributed by atoms with Crippen LogP contribution in [0.4, 0.5) is 0 Å². The van der Waals surface area contributed by atoms with Crippen LogP contribution in [0.2, 0.25) is 10.0 Å². The van der Waals surface area contributed by atoms with Gasteiger partial charge < -0.3 is 10.2 Å². The number of carbonyl (C=O) groups excluding carboxylic acids is 2. The molecule has 1 atom stereocenters. The maximum Gasteiger partial charge on any atom is 0.242 e. The largest absolute Gasteiger partial charge is 0.354 e.